The largest absolute Gasteiger partial charge is 0.384 e. The van der Waals surface area contributed by atoms with Crippen LogP contribution in [0.2, 0.25) is 10.0 Å². The fourth-order valence-corrected chi connectivity index (χ4v) is 2.95. The molecule has 1 heterocycles. The monoisotopic (exact) mass is 349 g/mol. The molecule has 23 heavy (non-hydrogen) atoms. The molecular formula is C19H21Cl2NO. The molecule has 1 N–H and O–H groups in total. The topological polar surface area (TPSA) is 33.1 Å². The average Bonchev–Trinajstić information content (AvgIpc) is 2.45. The second-order valence-electron chi connectivity index (χ2n) is 6.81. The molecule has 1 aromatic carbocycles. The van der Waals surface area contributed by atoms with Gasteiger partial charge in [0.25, 0.3) is 0 Å². The van der Waals surface area contributed by atoms with Gasteiger partial charge in [-0.25, -0.2) is 0 Å². The molecule has 1 unspecified atom stereocenters. The lowest BCUT2D eigenvalue weighted by atomic mass is 9.83. The van der Waals surface area contributed by atoms with Crippen molar-refractivity contribution in [3.05, 3.63) is 69.5 Å². The molecule has 122 valence electrons. The summed E-state index contributed by atoms with van der Waals surface area (Å²) in [4.78, 5) is 4.13. The van der Waals surface area contributed by atoms with Crippen LogP contribution in [0, 0.1) is 5.41 Å². The predicted molar refractivity (Wildman–Crippen MR) is 97.7 cm³/mol. The first-order valence-electron chi connectivity index (χ1n) is 7.50. The molecule has 1 aromatic heterocycles. The molecular weight excluding hydrogens is 329 g/mol. The van der Waals surface area contributed by atoms with Crippen molar-refractivity contribution >= 4 is 29.3 Å². The van der Waals surface area contributed by atoms with Crippen molar-refractivity contribution in [3.63, 3.8) is 0 Å². The van der Waals surface area contributed by atoms with Crippen LogP contribution >= 0.6 is 23.2 Å². The fraction of sp³-hybridized carbons (Fsp3) is 0.316. The molecule has 2 aromatic rings. The lowest BCUT2D eigenvalue weighted by Gasteiger charge is -2.25. The summed E-state index contributed by atoms with van der Waals surface area (Å²) in [6.45, 7) is 6.42. The summed E-state index contributed by atoms with van der Waals surface area (Å²) in [6.07, 6.45) is 5.45. The first kappa shape index (κ1) is 18.0. The molecule has 0 aliphatic heterocycles. The molecule has 0 fully saturated rings. The Labute approximate surface area is 147 Å². The van der Waals surface area contributed by atoms with Crippen LogP contribution in [0.25, 0.3) is 6.08 Å². The zero-order valence-electron chi connectivity index (χ0n) is 13.6. The quantitative estimate of drug-likeness (QED) is 0.740. The molecule has 0 aliphatic rings. The highest BCUT2D eigenvalue weighted by Gasteiger charge is 2.22. The van der Waals surface area contributed by atoms with E-state index in [1.807, 2.05) is 18.2 Å². The van der Waals surface area contributed by atoms with Crippen molar-refractivity contribution in [2.45, 2.75) is 33.3 Å². The smallest absolute Gasteiger partial charge is 0.102 e. The lowest BCUT2D eigenvalue weighted by molar-refractivity contribution is 0.202. The summed E-state index contributed by atoms with van der Waals surface area (Å²) < 4.78 is 0. The van der Waals surface area contributed by atoms with Gasteiger partial charge in [0.2, 0.25) is 0 Å². The second-order valence-corrected chi connectivity index (χ2v) is 7.66. The highest BCUT2D eigenvalue weighted by atomic mass is 35.5. The van der Waals surface area contributed by atoms with Crippen LogP contribution in [0.15, 0.2) is 48.3 Å². The van der Waals surface area contributed by atoms with E-state index in [2.05, 4.69) is 25.8 Å². The second kappa shape index (κ2) is 7.48. The summed E-state index contributed by atoms with van der Waals surface area (Å²) in [5.74, 6) is 0. The Morgan fingerprint density at radius 3 is 2.57 bits per heavy atom. The highest BCUT2D eigenvalue weighted by Crippen LogP contribution is 2.36. The fourth-order valence-electron chi connectivity index (χ4n) is 2.44. The van der Waals surface area contributed by atoms with Gasteiger partial charge in [-0.15, -0.1) is 0 Å². The van der Waals surface area contributed by atoms with E-state index in [0.29, 0.717) is 15.6 Å². The van der Waals surface area contributed by atoms with E-state index < -0.39 is 6.10 Å². The first-order chi connectivity index (χ1) is 10.8. The Balaban J connectivity index is 2.42. The van der Waals surface area contributed by atoms with E-state index in [4.69, 9.17) is 23.2 Å². The van der Waals surface area contributed by atoms with Crippen molar-refractivity contribution in [2.75, 3.05) is 0 Å². The van der Waals surface area contributed by atoms with E-state index in [1.165, 1.54) is 0 Å². The van der Waals surface area contributed by atoms with Gasteiger partial charge in [0.15, 0.2) is 0 Å². The summed E-state index contributed by atoms with van der Waals surface area (Å²) >= 11 is 12.2. The maximum absolute atomic E-state index is 10.9. The Bertz CT molecular complexity index is 690. The average molecular weight is 350 g/mol. The van der Waals surface area contributed by atoms with Gasteiger partial charge in [-0.2, -0.15) is 0 Å². The third-order valence-corrected chi connectivity index (χ3v) is 3.94. The van der Waals surface area contributed by atoms with Crippen LogP contribution in [0.5, 0.6) is 0 Å². The van der Waals surface area contributed by atoms with Crippen LogP contribution in [0.1, 0.15) is 44.4 Å². The van der Waals surface area contributed by atoms with E-state index >= 15 is 0 Å². The molecule has 0 saturated heterocycles. The van der Waals surface area contributed by atoms with E-state index in [0.717, 1.165) is 17.6 Å². The molecule has 2 nitrogen and oxygen atoms in total. The molecule has 0 spiro atoms. The van der Waals surface area contributed by atoms with Crippen molar-refractivity contribution < 1.29 is 5.11 Å². The molecule has 0 saturated carbocycles. The van der Waals surface area contributed by atoms with Gasteiger partial charge in [-0.3, -0.25) is 4.98 Å². The molecule has 4 heteroatoms. The van der Waals surface area contributed by atoms with E-state index in [-0.39, 0.29) is 5.41 Å². The first-order valence-corrected chi connectivity index (χ1v) is 8.25. The molecule has 0 radical (unpaired) electrons. The maximum atomic E-state index is 10.9. The zero-order valence-corrected chi connectivity index (χ0v) is 15.1. The Morgan fingerprint density at radius 1 is 1.26 bits per heavy atom. The van der Waals surface area contributed by atoms with Gasteiger partial charge in [0.05, 0.1) is 0 Å². The number of rotatable bonds is 4. The highest BCUT2D eigenvalue weighted by molar-refractivity contribution is 6.35. The van der Waals surface area contributed by atoms with Crippen molar-refractivity contribution in [1.29, 1.82) is 0 Å². The number of hydrogen-bond donors (Lipinski definition) is 1. The van der Waals surface area contributed by atoms with Crippen molar-refractivity contribution in [1.82, 2.24) is 4.98 Å². The molecule has 0 amide bonds. The van der Waals surface area contributed by atoms with Gasteiger partial charge in [-0.1, -0.05) is 62.2 Å². The maximum Gasteiger partial charge on any atom is 0.102 e. The minimum absolute atomic E-state index is 0.0356. The standard InChI is InChI=1S/C19H21Cl2NO/c1-19(2,3)11-14(9-13-5-4-8-22-12-13)18(23)16-7-6-15(20)10-17(16)21/h4-10,12,18,23H,11H2,1-3H3/b14-9+. The predicted octanol–water partition coefficient (Wildman–Crippen LogP) is 5.94. The summed E-state index contributed by atoms with van der Waals surface area (Å²) in [7, 11) is 0. The Kier molecular flexibility index (Phi) is 5.85. The Morgan fingerprint density at radius 2 is 2.00 bits per heavy atom. The van der Waals surface area contributed by atoms with Crippen LogP contribution in [0.4, 0.5) is 0 Å². The number of aromatic nitrogens is 1. The van der Waals surface area contributed by atoms with Crippen LogP contribution in [0.3, 0.4) is 0 Å². The van der Waals surface area contributed by atoms with E-state index in [9.17, 15) is 5.11 Å². The van der Waals surface area contributed by atoms with Gasteiger partial charge < -0.3 is 5.11 Å². The SMILES string of the molecule is CC(C)(C)C/C(=C\c1cccnc1)C(O)c1ccc(Cl)cc1Cl. The molecule has 0 aliphatic carbocycles. The van der Waals surface area contributed by atoms with Crippen LogP contribution < -0.4 is 0 Å². The minimum atomic E-state index is -0.779. The molecule has 2 rings (SSSR count). The molecule has 1 atom stereocenters. The Hall–Kier alpha value is -1.35. The number of pyridine rings is 1. The number of nitrogens with zero attached hydrogens (tertiary/aromatic N) is 1. The van der Waals surface area contributed by atoms with E-state index in [1.54, 1.807) is 30.6 Å². The minimum Gasteiger partial charge on any atom is -0.384 e. The number of halogens is 2. The van der Waals surface area contributed by atoms with Gasteiger partial charge in [0, 0.05) is 28.0 Å². The zero-order chi connectivity index (χ0) is 17.0. The number of hydrogen-bond acceptors (Lipinski definition) is 2. The number of aliphatic hydroxyl groups is 1. The third kappa shape index (κ3) is 5.35. The number of aliphatic hydroxyl groups excluding tert-OH is 1. The lowest BCUT2D eigenvalue weighted by Crippen LogP contribution is -2.12. The van der Waals surface area contributed by atoms with Crippen LogP contribution in [-0.4, -0.2) is 10.1 Å². The van der Waals surface area contributed by atoms with Crippen molar-refractivity contribution in [3.8, 4) is 0 Å². The molecule has 0 bridgehead atoms. The normalized spacial score (nSPS) is 13.9. The third-order valence-electron chi connectivity index (χ3n) is 3.38. The van der Waals surface area contributed by atoms with Crippen molar-refractivity contribution in [2.24, 2.45) is 5.41 Å². The summed E-state index contributed by atoms with van der Waals surface area (Å²) in [6, 6.07) is 9.01. The number of benzene rings is 1. The van der Waals surface area contributed by atoms with Gasteiger partial charge in [-0.05, 0) is 41.2 Å². The van der Waals surface area contributed by atoms with Gasteiger partial charge in [0.1, 0.15) is 6.10 Å². The summed E-state index contributed by atoms with van der Waals surface area (Å²) in [5.41, 5.74) is 2.55. The summed E-state index contributed by atoms with van der Waals surface area (Å²) in [5, 5.41) is 11.9. The van der Waals surface area contributed by atoms with Crippen LogP contribution in [-0.2, 0) is 0 Å². The van der Waals surface area contributed by atoms with Gasteiger partial charge >= 0.3 is 0 Å².